The van der Waals surface area contributed by atoms with E-state index in [0.29, 0.717) is 22.2 Å². The van der Waals surface area contributed by atoms with E-state index in [0.717, 1.165) is 5.56 Å². The van der Waals surface area contributed by atoms with Crippen LogP contribution < -0.4 is 10.4 Å². The topological polar surface area (TPSA) is 85.0 Å². The van der Waals surface area contributed by atoms with Crippen LogP contribution in [0.2, 0.25) is 0 Å². The van der Waals surface area contributed by atoms with Crippen LogP contribution in [0.4, 0.5) is 5.69 Å². The van der Waals surface area contributed by atoms with Crippen molar-refractivity contribution in [1.29, 1.82) is 0 Å². The molecule has 116 valence electrons. The summed E-state index contributed by atoms with van der Waals surface area (Å²) in [6.07, 6.45) is -0.0400. The maximum absolute atomic E-state index is 12.3. The monoisotopic (exact) mass is 307 g/mol. The highest BCUT2D eigenvalue weighted by molar-refractivity contribution is 6.01. The van der Waals surface area contributed by atoms with Crippen LogP contribution in [0.15, 0.2) is 48.5 Å². The highest BCUT2D eigenvalue weighted by atomic mass is 16.4. The van der Waals surface area contributed by atoms with Crippen molar-refractivity contribution in [3.63, 3.8) is 0 Å². The first-order valence-corrected chi connectivity index (χ1v) is 7.22. The van der Waals surface area contributed by atoms with Crippen LogP contribution in [0.1, 0.15) is 21.6 Å². The number of para-hydroxylation sites is 2. The second-order valence-corrected chi connectivity index (χ2v) is 5.35. The van der Waals surface area contributed by atoms with E-state index in [1.165, 1.54) is 0 Å². The molecule has 5 heteroatoms. The van der Waals surface area contributed by atoms with Gasteiger partial charge in [0.25, 0.3) is 0 Å². The van der Waals surface area contributed by atoms with E-state index in [1.54, 1.807) is 24.3 Å². The third-order valence-corrected chi connectivity index (χ3v) is 3.77. The molecule has 0 aliphatic carbocycles. The molecule has 0 fully saturated rings. The van der Waals surface area contributed by atoms with E-state index in [9.17, 15) is 14.7 Å². The fourth-order valence-corrected chi connectivity index (χ4v) is 2.63. The van der Waals surface area contributed by atoms with Gasteiger partial charge in [0, 0.05) is 16.6 Å². The lowest BCUT2D eigenvalue weighted by Crippen LogP contribution is -2.25. The van der Waals surface area contributed by atoms with Gasteiger partial charge in [-0.25, -0.2) is 0 Å². The molecular weight excluding hydrogens is 292 g/mol. The molecule has 0 bridgehead atoms. The Kier molecular flexibility index (Phi) is 3.85. The van der Waals surface area contributed by atoms with Crippen LogP contribution >= 0.6 is 0 Å². The minimum atomic E-state index is -1.32. The molecule has 2 aromatic carbocycles. The summed E-state index contributed by atoms with van der Waals surface area (Å²) in [6.45, 7) is 1.90. The number of aromatic nitrogens is 1. The van der Waals surface area contributed by atoms with Gasteiger partial charge in [0.15, 0.2) is 0 Å². The number of aryl methyl sites for hydroxylation is 1. The third kappa shape index (κ3) is 2.94. The summed E-state index contributed by atoms with van der Waals surface area (Å²) in [7, 11) is 0. The highest BCUT2D eigenvalue weighted by Gasteiger charge is 2.15. The molecule has 0 aliphatic rings. The number of carboxylic acid groups (broad SMARTS) is 1. The second kappa shape index (κ2) is 5.96. The Labute approximate surface area is 133 Å². The molecule has 1 heterocycles. The molecule has 0 atom stereocenters. The number of H-pyrrole nitrogens is 1. The maximum Gasteiger partial charge on any atom is 0.228 e. The number of hydrogen-bond acceptors (Lipinski definition) is 3. The molecule has 3 rings (SSSR count). The van der Waals surface area contributed by atoms with Crippen molar-refractivity contribution in [2.45, 2.75) is 13.3 Å². The van der Waals surface area contributed by atoms with Crippen LogP contribution in [-0.2, 0) is 11.2 Å². The zero-order valence-corrected chi connectivity index (χ0v) is 12.6. The number of aromatic amines is 1. The number of anilines is 1. The minimum absolute atomic E-state index is 0.0400. The smallest absolute Gasteiger partial charge is 0.228 e. The molecule has 0 saturated carbocycles. The van der Waals surface area contributed by atoms with Crippen LogP contribution in [0.5, 0.6) is 0 Å². The number of benzene rings is 2. The Morgan fingerprint density at radius 1 is 1.09 bits per heavy atom. The SMILES string of the molecule is Cc1ccccc1NC(=O)Cc1c(C(=O)[O-])[nH]c2ccccc12. The Hall–Kier alpha value is -3.08. The second-order valence-electron chi connectivity index (χ2n) is 5.35. The van der Waals surface area contributed by atoms with Crippen LogP contribution in [0.25, 0.3) is 10.9 Å². The number of carbonyl (C=O) groups excluding carboxylic acids is 2. The summed E-state index contributed by atoms with van der Waals surface area (Å²) in [5, 5.41) is 14.8. The average molecular weight is 307 g/mol. The first-order valence-electron chi connectivity index (χ1n) is 7.22. The zero-order chi connectivity index (χ0) is 16.4. The first-order chi connectivity index (χ1) is 11.1. The lowest BCUT2D eigenvalue weighted by molar-refractivity contribution is -0.255. The van der Waals surface area contributed by atoms with Crippen molar-refractivity contribution in [3.8, 4) is 0 Å². The lowest BCUT2D eigenvalue weighted by Gasteiger charge is -2.09. The van der Waals surface area contributed by atoms with Gasteiger partial charge in [-0.3, -0.25) is 4.79 Å². The summed E-state index contributed by atoms with van der Waals surface area (Å²) in [5.74, 6) is -1.59. The summed E-state index contributed by atoms with van der Waals surface area (Å²) >= 11 is 0. The molecule has 5 nitrogen and oxygen atoms in total. The summed E-state index contributed by atoms with van der Waals surface area (Å²) < 4.78 is 0. The van der Waals surface area contributed by atoms with E-state index < -0.39 is 5.97 Å². The molecule has 1 aromatic heterocycles. The number of rotatable bonds is 4. The predicted octanol–water partition coefficient (Wildman–Crippen LogP) is 2.02. The number of fused-ring (bicyclic) bond motifs is 1. The molecule has 1 amide bonds. The number of carbonyl (C=O) groups is 2. The number of nitrogens with one attached hydrogen (secondary N) is 2. The van der Waals surface area contributed by atoms with Gasteiger partial charge in [0.2, 0.25) is 5.91 Å². The molecule has 2 N–H and O–H groups in total. The fourth-order valence-electron chi connectivity index (χ4n) is 2.63. The molecule has 0 saturated heterocycles. The number of amides is 1. The Bertz CT molecular complexity index is 896. The van der Waals surface area contributed by atoms with Gasteiger partial charge in [-0.1, -0.05) is 36.4 Å². The highest BCUT2D eigenvalue weighted by Crippen LogP contribution is 2.23. The van der Waals surface area contributed by atoms with E-state index in [2.05, 4.69) is 10.3 Å². The quantitative estimate of drug-likeness (QED) is 0.773. The molecule has 0 spiro atoms. The first kappa shape index (κ1) is 14.8. The Morgan fingerprint density at radius 3 is 2.52 bits per heavy atom. The van der Waals surface area contributed by atoms with E-state index >= 15 is 0 Å². The molecule has 23 heavy (non-hydrogen) atoms. The van der Waals surface area contributed by atoms with Crippen LogP contribution in [0, 0.1) is 6.92 Å². The molecule has 0 unspecified atom stereocenters. The van der Waals surface area contributed by atoms with Gasteiger partial charge in [0.05, 0.1) is 18.1 Å². The van der Waals surface area contributed by atoms with Crippen molar-refractivity contribution in [3.05, 3.63) is 65.4 Å². The van der Waals surface area contributed by atoms with Gasteiger partial charge < -0.3 is 20.2 Å². The van der Waals surface area contributed by atoms with Crippen molar-refractivity contribution >= 4 is 28.5 Å². The number of aromatic carboxylic acids is 1. The summed E-state index contributed by atoms with van der Waals surface area (Å²) in [5.41, 5.74) is 2.72. The van der Waals surface area contributed by atoms with Gasteiger partial charge in [-0.05, 0) is 30.2 Å². The van der Waals surface area contributed by atoms with Gasteiger partial charge >= 0.3 is 0 Å². The third-order valence-electron chi connectivity index (χ3n) is 3.77. The average Bonchev–Trinajstić information content (AvgIpc) is 2.89. The van der Waals surface area contributed by atoms with Crippen molar-refractivity contribution in [2.24, 2.45) is 0 Å². The number of carboxylic acids is 1. The maximum atomic E-state index is 12.3. The standard InChI is InChI=1S/C18H16N2O3/c1-11-6-2-4-8-14(11)19-16(21)10-13-12-7-3-5-9-15(12)20-17(13)18(22)23/h2-9,20H,10H2,1H3,(H,19,21)(H,22,23)/p-1. The fraction of sp³-hybridized carbons (Fsp3) is 0.111. The van der Waals surface area contributed by atoms with Crippen LogP contribution in [0.3, 0.4) is 0 Å². The molecule has 0 aliphatic heterocycles. The van der Waals surface area contributed by atoms with Crippen molar-refractivity contribution < 1.29 is 14.7 Å². The van der Waals surface area contributed by atoms with E-state index in [4.69, 9.17) is 0 Å². The summed E-state index contributed by atoms with van der Waals surface area (Å²) in [6, 6.07) is 14.6. The Balaban J connectivity index is 1.92. The largest absolute Gasteiger partial charge is 0.543 e. The normalized spacial score (nSPS) is 10.7. The van der Waals surface area contributed by atoms with Crippen molar-refractivity contribution in [1.82, 2.24) is 4.98 Å². The van der Waals surface area contributed by atoms with Crippen molar-refractivity contribution in [2.75, 3.05) is 5.32 Å². The Morgan fingerprint density at radius 2 is 1.78 bits per heavy atom. The minimum Gasteiger partial charge on any atom is -0.543 e. The molecule has 3 aromatic rings. The van der Waals surface area contributed by atoms with E-state index in [1.807, 2.05) is 31.2 Å². The summed E-state index contributed by atoms with van der Waals surface area (Å²) in [4.78, 5) is 26.4. The van der Waals surface area contributed by atoms with E-state index in [-0.39, 0.29) is 18.0 Å². The van der Waals surface area contributed by atoms with Crippen LogP contribution in [-0.4, -0.2) is 16.9 Å². The van der Waals surface area contributed by atoms with Gasteiger partial charge in [-0.15, -0.1) is 0 Å². The lowest BCUT2D eigenvalue weighted by atomic mass is 10.1. The zero-order valence-electron chi connectivity index (χ0n) is 12.6. The molecular formula is C18H15N2O3-. The molecule has 0 radical (unpaired) electrons. The van der Waals surface area contributed by atoms with Gasteiger partial charge in [-0.2, -0.15) is 0 Å². The predicted molar refractivity (Wildman–Crippen MR) is 86.1 cm³/mol. The number of hydrogen-bond donors (Lipinski definition) is 2. The van der Waals surface area contributed by atoms with Gasteiger partial charge in [0.1, 0.15) is 0 Å².